The van der Waals surface area contributed by atoms with E-state index >= 15 is 0 Å². The topological polar surface area (TPSA) is 66.9 Å². The molecule has 32 heavy (non-hydrogen) atoms. The highest BCUT2D eigenvalue weighted by atomic mass is 79.9. The fourth-order valence-electron chi connectivity index (χ4n) is 3.60. The van der Waals surface area contributed by atoms with Crippen LogP contribution in [0.5, 0.6) is 5.75 Å². The molecule has 0 radical (unpaired) electrons. The quantitative estimate of drug-likeness (QED) is 0.475. The number of carbonyl (C=O) groups is 1. The molecule has 6 nitrogen and oxygen atoms in total. The summed E-state index contributed by atoms with van der Waals surface area (Å²) < 4.78 is 34.6. The minimum Gasteiger partial charge on any atom is -0.490 e. The number of carbonyl (C=O) groups excluding carboxylic acids is 1. The Bertz CT molecular complexity index is 1180. The van der Waals surface area contributed by atoms with E-state index in [2.05, 4.69) is 15.9 Å². The maximum atomic E-state index is 13.4. The SMILES string of the molecule is O=C(CN(CCc1ccccc1)S(=O)(=O)c1ccc(Br)cc1)N1CCOc2ccccc21. The lowest BCUT2D eigenvalue weighted by atomic mass is 10.1. The summed E-state index contributed by atoms with van der Waals surface area (Å²) in [5.41, 5.74) is 1.67. The van der Waals surface area contributed by atoms with Crippen molar-refractivity contribution in [2.75, 3.05) is 31.1 Å². The van der Waals surface area contributed by atoms with Crippen LogP contribution in [0.1, 0.15) is 5.56 Å². The summed E-state index contributed by atoms with van der Waals surface area (Å²) in [4.78, 5) is 15.0. The molecular weight excluding hydrogens is 492 g/mol. The monoisotopic (exact) mass is 514 g/mol. The van der Waals surface area contributed by atoms with Gasteiger partial charge in [-0.15, -0.1) is 0 Å². The molecule has 0 saturated carbocycles. The molecule has 0 N–H and O–H groups in total. The molecule has 4 rings (SSSR count). The van der Waals surface area contributed by atoms with Crippen LogP contribution in [-0.4, -0.2) is 44.9 Å². The van der Waals surface area contributed by atoms with E-state index in [1.807, 2.05) is 48.5 Å². The summed E-state index contributed by atoms with van der Waals surface area (Å²) in [6, 6.07) is 23.4. The predicted molar refractivity (Wildman–Crippen MR) is 127 cm³/mol. The number of hydrogen-bond acceptors (Lipinski definition) is 4. The smallest absolute Gasteiger partial charge is 0.243 e. The Morgan fingerprint density at radius 1 is 0.969 bits per heavy atom. The average molecular weight is 515 g/mol. The molecule has 1 amide bonds. The number of nitrogens with zero attached hydrogens (tertiary/aromatic N) is 2. The fourth-order valence-corrected chi connectivity index (χ4v) is 5.26. The molecule has 0 atom stereocenters. The van der Waals surface area contributed by atoms with Gasteiger partial charge in [-0.3, -0.25) is 4.79 Å². The first-order valence-corrected chi connectivity index (χ1v) is 12.5. The van der Waals surface area contributed by atoms with Gasteiger partial charge in [0.25, 0.3) is 0 Å². The molecular formula is C24H23BrN2O4S. The molecule has 3 aromatic carbocycles. The van der Waals surface area contributed by atoms with E-state index in [9.17, 15) is 13.2 Å². The Hall–Kier alpha value is -2.68. The van der Waals surface area contributed by atoms with E-state index in [1.165, 1.54) is 4.31 Å². The van der Waals surface area contributed by atoms with Gasteiger partial charge in [-0.05, 0) is 48.4 Å². The van der Waals surface area contributed by atoms with E-state index in [0.717, 1.165) is 10.0 Å². The Morgan fingerprint density at radius 2 is 1.66 bits per heavy atom. The third kappa shape index (κ3) is 5.03. The van der Waals surface area contributed by atoms with Crippen LogP contribution in [0.4, 0.5) is 5.69 Å². The lowest BCUT2D eigenvalue weighted by molar-refractivity contribution is -0.119. The molecule has 1 aliphatic rings. The molecule has 0 saturated heterocycles. The third-order valence-corrected chi connectivity index (χ3v) is 7.67. The van der Waals surface area contributed by atoms with Gasteiger partial charge < -0.3 is 9.64 Å². The van der Waals surface area contributed by atoms with Crippen molar-refractivity contribution in [3.8, 4) is 5.75 Å². The van der Waals surface area contributed by atoms with Gasteiger partial charge in [-0.25, -0.2) is 8.42 Å². The van der Waals surface area contributed by atoms with Gasteiger partial charge in [0.05, 0.1) is 23.7 Å². The number of halogens is 1. The second kappa shape index (κ2) is 9.85. The Balaban J connectivity index is 1.60. The van der Waals surface area contributed by atoms with Gasteiger partial charge in [0.2, 0.25) is 15.9 Å². The highest BCUT2D eigenvalue weighted by molar-refractivity contribution is 9.10. The summed E-state index contributed by atoms with van der Waals surface area (Å²) in [5.74, 6) is 0.341. The minimum atomic E-state index is -3.87. The second-order valence-corrected chi connectivity index (χ2v) is 10.2. The Labute approximate surface area is 196 Å². The lowest BCUT2D eigenvalue weighted by Gasteiger charge is -2.31. The largest absolute Gasteiger partial charge is 0.490 e. The van der Waals surface area contributed by atoms with Gasteiger partial charge in [-0.2, -0.15) is 4.31 Å². The number of benzene rings is 3. The zero-order valence-electron chi connectivity index (χ0n) is 17.4. The Morgan fingerprint density at radius 3 is 2.41 bits per heavy atom. The molecule has 3 aromatic rings. The second-order valence-electron chi connectivity index (χ2n) is 7.39. The van der Waals surface area contributed by atoms with Crippen molar-refractivity contribution >= 4 is 37.5 Å². The van der Waals surface area contributed by atoms with Crippen LogP contribution >= 0.6 is 15.9 Å². The normalized spacial score (nSPS) is 13.5. The molecule has 0 unspecified atom stereocenters. The summed E-state index contributed by atoms with van der Waals surface area (Å²) in [7, 11) is -3.87. The number of amides is 1. The van der Waals surface area contributed by atoms with Crippen molar-refractivity contribution in [1.82, 2.24) is 4.31 Å². The zero-order chi connectivity index (χ0) is 22.6. The molecule has 0 aliphatic carbocycles. The van der Waals surface area contributed by atoms with Crippen molar-refractivity contribution in [2.45, 2.75) is 11.3 Å². The van der Waals surface area contributed by atoms with E-state index in [0.29, 0.717) is 31.0 Å². The standard InChI is InChI=1S/C24H23BrN2O4S/c25-20-10-12-21(13-11-20)32(29,30)26(15-14-19-6-2-1-3-7-19)18-24(28)27-16-17-31-23-9-5-4-8-22(23)27/h1-13H,14-18H2. The van der Waals surface area contributed by atoms with Gasteiger partial charge in [0.1, 0.15) is 12.4 Å². The predicted octanol–water partition coefficient (Wildman–Crippen LogP) is 4.11. The van der Waals surface area contributed by atoms with Crippen molar-refractivity contribution in [2.24, 2.45) is 0 Å². The van der Waals surface area contributed by atoms with Crippen LogP contribution in [0, 0.1) is 0 Å². The summed E-state index contributed by atoms with van der Waals surface area (Å²) in [6.45, 7) is 0.687. The van der Waals surface area contributed by atoms with Gasteiger partial charge in [0.15, 0.2) is 0 Å². The summed E-state index contributed by atoms with van der Waals surface area (Å²) in [6.07, 6.45) is 0.504. The van der Waals surface area contributed by atoms with Crippen molar-refractivity contribution < 1.29 is 17.9 Å². The van der Waals surface area contributed by atoms with Crippen LogP contribution < -0.4 is 9.64 Å². The van der Waals surface area contributed by atoms with Crippen molar-refractivity contribution in [3.05, 3.63) is 88.9 Å². The zero-order valence-corrected chi connectivity index (χ0v) is 19.8. The number of fused-ring (bicyclic) bond motifs is 1. The number of anilines is 1. The molecule has 0 spiro atoms. The van der Waals surface area contributed by atoms with Gasteiger partial charge in [0, 0.05) is 11.0 Å². The minimum absolute atomic E-state index is 0.156. The van der Waals surface area contributed by atoms with E-state index in [-0.39, 0.29) is 23.9 Å². The molecule has 8 heteroatoms. The maximum Gasteiger partial charge on any atom is 0.243 e. The fraction of sp³-hybridized carbons (Fsp3) is 0.208. The van der Waals surface area contributed by atoms with Crippen molar-refractivity contribution in [1.29, 1.82) is 0 Å². The van der Waals surface area contributed by atoms with Gasteiger partial charge >= 0.3 is 0 Å². The van der Waals surface area contributed by atoms with Crippen LogP contribution in [0.15, 0.2) is 88.2 Å². The number of ether oxygens (including phenoxy) is 1. The van der Waals surface area contributed by atoms with Crippen molar-refractivity contribution in [3.63, 3.8) is 0 Å². The van der Waals surface area contributed by atoms with Gasteiger partial charge in [-0.1, -0.05) is 58.4 Å². The molecule has 1 aliphatic heterocycles. The van der Waals surface area contributed by atoms with Crippen LogP contribution in [-0.2, 0) is 21.2 Å². The first-order chi connectivity index (χ1) is 15.4. The summed E-state index contributed by atoms with van der Waals surface area (Å²) in [5, 5.41) is 0. The third-order valence-electron chi connectivity index (χ3n) is 5.29. The van der Waals surface area contributed by atoms with Crippen LogP contribution in [0.25, 0.3) is 0 Å². The Kier molecular flexibility index (Phi) is 6.93. The number of para-hydroxylation sites is 2. The number of sulfonamides is 1. The maximum absolute atomic E-state index is 13.4. The highest BCUT2D eigenvalue weighted by Gasteiger charge is 2.30. The first-order valence-electron chi connectivity index (χ1n) is 10.3. The number of rotatable bonds is 7. The van der Waals surface area contributed by atoms with E-state index in [4.69, 9.17) is 4.74 Å². The molecule has 166 valence electrons. The number of hydrogen-bond donors (Lipinski definition) is 0. The van der Waals surface area contributed by atoms with Crippen LogP contribution in [0.2, 0.25) is 0 Å². The molecule has 1 heterocycles. The lowest BCUT2D eigenvalue weighted by Crippen LogP contribution is -2.46. The van der Waals surface area contributed by atoms with E-state index in [1.54, 1.807) is 35.2 Å². The van der Waals surface area contributed by atoms with Crippen LogP contribution in [0.3, 0.4) is 0 Å². The molecule has 0 aromatic heterocycles. The summed E-state index contributed by atoms with van der Waals surface area (Å²) >= 11 is 3.34. The molecule has 0 bridgehead atoms. The van der Waals surface area contributed by atoms with E-state index < -0.39 is 10.0 Å². The average Bonchev–Trinajstić information content (AvgIpc) is 2.82. The first kappa shape index (κ1) is 22.5. The molecule has 0 fully saturated rings. The highest BCUT2D eigenvalue weighted by Crippen LogP contribution is 2.31.